The first-order valence-corrected chi connectivity index (χ1v) is 8.11. The van der Waals surface area contributed by atoms with E-state index in [1.165, 1.54) is 11.3 Å². The molecular weight excluding hydrogens is 288 g/mol. The molecule has 116 valence electrons. The van der Waals surface area contributed by atoms with Crippen LogP contribution in [0.3, 0.4) is 0 Å². The summed E-state index contributed by atoms with van der Waals surface area (Å²) >= 11 is 1.33. The Bertz CT molecular complexity index is 553. The molecule has 1 aromatic rings. The van der Waals surface area contributed by atoms with Crippen LogP contribution in [0.15, 0.2) is 0 Å². The minimum Gasteiger partial charge on any atom is -0.478 e. The number of hydrogen-bond acceptors (Lipinski definition) is 3. The molecule has 2 rings (SSSR count). The summed E-state index contributed by atoms with van der Waals surface area (Å²) in [6.07, 6.45) is 3.14. The van der Waals surface area contributed by atoms with E-state index in [0.29, 0.717) is 10.9 Å². The zero-order valence-corrected chi connectivity index (χ0v) is 13.5. The summed E-state index contributed by atoms with van der Waals surface area (Å²) in [5, 5.41) is 12.5. The molecule has 5 nitrogen and oxygen atoms in total. The van der Waals surface area contributed by atoms with Crippen molar-refractivity contribution in [1.29, 1.82) is 0 Å². The van der Waals surface area contributed by atoms with E-state index in [1.807, 2.05) is 6.92 Å². The lowest BCUT2D eigenvalue weighted by molar-refractivity contribution is 0.0697. The van der Waals surface area contributed by atoms with Crippen LogP contribution in [0.5, 0.6) is 0 Å². The lowest BCUT2D eigenvalue weighted by Crippen LogP contribution is -2.35. The predicted octanol–water partition coefficient (Wildman–Crippen LogP) is 3.72. The van der Waals surface area contributed by atoms with Crippen LogP contribution < -0.4 is 5.32 Å². The van der Waals surface area contributed by atoms with Crippen molar-refractivity contribution in [2.45, 2.75) is 40.0 Å². The van der Waals surface area contributed by atoms with Crippen LogP contribution in [0.1, 0.15) is 47.0 Å². The van der Waals surface area contributed by atoms with Crippen molar-refractivity contribution in [2.75, 3.05) is 18.4 Å². The molecule has 0 bridgehead atoms. The van der Waals surface area contributed by atoms with E-state index in [0.717, 1.165) is 42.8 Å². The van der Waals surface area contributed by atoms with E-state index < -0.39 is 5.97 Å². The van der Waals surface area contributed by atoms with Crippen LogP contribution in [0, 0.1) is 19.8 Å². The fraction of sp³-hybridized carbons (Fsp3) is 0.600. The Morgan fingerprint density at radius 1 is 1.29 bits per heavy atom. The van der Waals surface area contributed by atoms with Crippen molar-refractivity contribution in [3.05, 3.63) is 16.0 Å². The Kier molecular flexibility index (Phi) is 4.88. The lowest BCUT2D eigenvalue weighted by Gasteiger charge is -2.20. The Labute approximate surface area is 129 Å². The maximum Gasteiger partial charge on any atom is 0.338 e. The van der Waals surface area contributed by atoms with Gasteiger partial charge in [-0.3, -0.25) is 5.32 Å². The molecular formula is C15H22N2O3S. The second-order valence-corrected chi connectivity index (χ2v) is 6.97. The van der Waals surface area contributed by atoms with E-state index in [9.17, 15) is 14.7 Å². The monoisotopic (exact) mass is 310 g/mol. The molecule has 1 atom stereocenters. The number of thiophene rings is 1. The van der Waals surface area contributed by atoms with Crippen molar-refractivity contribution < 1.29 is 14.7 Å². The normalized spacial score (nSPS) is 19.2. The smallest absolute Gasteiger partial charge is 0.338 e. The number of amides is 2. The Morgan fingerprint density at radius 3 is 2.67 bits per heavy atom. The largest absolute Gasteiger partial charge is 0.478 e. The van der Waals surface area contributed by atoms with Gasteiger partial charge in [0.2, 0.25) is 0 Å². The highest BCUT2D eigenvalue weighted by atomic mass is 32.1. The molecule has 1 saturated heterocycles. The molecule has 1 fully saturated rings. The van der Waals surface area contributed by atoms with Crippen LogP contribution in [0.2, 0.25) is 0 Å². The standard InChI is InChI=1S/C15H22N2O3S/c1-9-5-4-7-17(8-6-9)15(20)16-13-12(14(18)19)10(2)11(3)21-13/h9H,4-8H2,1-3H3,(H,16,20)(H,18,19). The second-order valence-electron chi connectivity index (χ2n) is 5.75. The van der Waals surface area contributed by atoms with E-state index in [1.54, 1.807) is 11.8 Å². The van der Waals surface area contributed by atoms with Gasteiger partial charge in [-0.15, -0.1) is 11.3 Å². The maximum absolute atomic E-state index is 12.4. The molecule has 0 spiro atoms. The minimum absolute atomic E-state index is 0.187. The molecule has 2 amide bonds. The summed E-state index contributed by atoms with van der Waals surface area (Å²) in [4.78, 5) is 26.4. The molecule has 0 aliphatic carbocycles. The number of anilines is 1. The lowest BCUT2D eigenvalue weighted by atomic mass is 10.0. The van der Waals surface area contributed by atoms with Crippen molar-refractivity contribution >= 4 is 28.3 Å². The molecule has 1 aromatic heterocycles. The minimum atomic E-state index is -0.989. The van der Waals surface area contributed by atoms with Crippen molar-refractivity contribution in [3.8, 4) is 0 Å². The third-order valence-electron chi connectivity index (χ3n) is 4.12. The predicted molar refractivity (Wildman–Crippen MR) is 84.4 cm³/mol. The van der Waals surface area contributed by atoms with Crippen molar-refractivity contribution in [1.82, 2.24) is 4.90 Å². The summed E-state index contributed by atoms with van der Waals surface area (Å²) < 4.78 is 0. The quantitative estimate of drug-likeness (QED) is 0.874. The van der Waals surface area contributed by atoms with Crippen molar-refractivity contribution in [3.63, 3.8) is 0 Å². The molecule has 0 aromatic carbocycles. The summed E-state index contributed by atoms with van der Waals surface area (Å²) in [6.45, 7) is 7.32. The van der Waals surface area contributed by atoms with Gasteiger partial charge in [0.15, 0.2) is 0 Å². The fourth-order valence-electron chi connectivity index (χ4n) is 2.61. The number of rotatable bonds is 2. The average molecular weight is 310 g/mol. The number of aromatic carboxylic acids is 1. The summed E-state index contributed by atoms with van der Waals surface area (Å²) in [5.74, 6) is -0.347. The first-order chi connectivity index (χ1) is 9.90. The highest BCUT2D eigenvalue weighted by molar-refractivity contribution is 7.16. The van der Waals surface area contributed by atoms with Crippen LogP contribution in [0.25, 0.3) is 0 Å². The number of urea groups is 1. The zero-order chi connectivity index (χ0) is 15.6. The number of carbonyl (C=O) groups excluding carboxylic acids is 1. The number of carboxylic acids is 1. The van der Waals surface area contributed by atoms with Gasteiger partial charge in [0.25, 0.3) is 0 Å². The fourth-order valence-corrected chi connectivity index (χ4v) is 3.66. The Hall–Kier alpha value is -1.56. The van der Waals surface area contributed by atoms with Gasteiger partial charge in [0.05, 0.1) is 5.56 Å². The van der Waals surface area contributed by atoms with Gasteiger partial charge in [-0.1, -0.05) is 6.92 Å². The van der Waals surface area contributed by atoms with Gasteiger partial charge in [-0.05, 0) is 44.6 Å². The maximum atomic E-state index is 12.4. The van der Waals surface area contributed by atoms with Gasteiger partial charge in [0.1, 0.15) is 5.00 Å². The molecule has 1 aliphatic heterocycles. The van der Waals surface area contributed by atoms with Crippen molar-refractivity contribution in [2.24, 2.45) is 5.92 Å². The number of hydrogen-bond donors (Lipinski definition) is 2. The second kappa shape index (κ2) is 6.47. The highest BCUT2D eigenvalue weighted by Gasteiger charge is 2.23. The summed E-state index contributed by atoms with van der Waals surface area (Å²) in [5.41, 5.74) is 0.946. The first-order valence-electron chi connectivity index (χ1n) is 7.29. The van der Waals surface area contributed by atoms with Gasteiger partial charge in [0, 0.05) is 18.0 Å². The van der Waals surface area contributed by atoms with Crippen LogP contribution >= 0.6 is 11.3 Å². The van der Waals surface area contributed by atoms with E-state index in [2.05, 4.69) is 12.2 Å². The van der Waals surface area contributed by atoms with Crippen LogP contribution in [-0.4, -0.2) is 35.1 Å². The number of nitrogens with one attached hydrogen (secondary N) is 1. The Balaban J connectivity index is 2.12. The summed E-state index contributed by atoms with van der Waals surface area (Å²) in [6, 6.07) is -0.187. The molecule has 1 unspecified atom stereocenters. The van der Waals surface area contributed by atoms with Gasteiger partial charge < -0.3 is 10.0 Å². The number of carboxylic acid groups (broad SMARTS) is 1. The molecule has 0 radical (unpaired) electrons. The first kappa shape index (κ1) is 15.8. The molecule has 1 aliphatic rings. The van der Waals surface area contributed by atoms with Gasteiger partial charge in [-0.25, -0.2) is 9.59 Å². The van der Waals surface area contributed by atoms with E-state index in [4.69, 9.17) is 0 Å². The molecule has 21 heavy (non-hydrogen) atoms. The molecule has 2 N–H and O–H groups in total. The molecule has 2 heterocycles. The SMILES string of the molecule is Cc1sc(NC(=O)N2CCCC(C)CC2)c(C(=O)O)c1C. The van der Waals surface area contributed by atoms with Crippen LogP contribution in [0.4, 0.5) is 9.80 Å². The third-order valence-corrected chi connectivity index (χ3v) is 5.25. The van der Waals surface area contributed by atoms with Gasteiger partial charge in [-0.2, -0.15) is 0 Å². The molecule has 0 saturated carbocycles. The summed E-state index contributed by atoms with van der Waals surface area (Å²) in [7, 11) is 0. The van der Waals surface area contributed by atoms with E-state index >= 15 is 0 Å². The van der Waals surface area contributed by atoms with Gasteiger partial charge >= 0.3 is 12.0 Å². The third kappa shape index (κ3) is 3.56. The molecule has 6 heteroatoms. The topological polar surface area (TPSA) is 69.6 Å². The number of aryl methyl sites for hydroxylation is 1. The number of likely N-dealkylation sites (tertiary alicyclic amines) is 1. The number of carbonyl (C=O) groups is 2. The Morgan fingerprint density at radius 2 is 2.00 bits per heavy atom. The highest BCUT2D eigenvalue weighted by Crippen LogP contribution is 2.32. The van der Waals surface area contributed by atoms with Crippen LogP contribution in [-0.2, 0) is 0 Å². The number of nitrogens with zero attached hydrogens (tertiary/aromatic N) is 1. The van der Waals surface area contributed by atoms with E-state index in [-0.39, 0.29) is 11.6 Å². The zero-order valence-electron chi connectivity index (χ0n) is 12.7. The average Bonchev–Trinajstić information content (AvgIpc) is 2.58.